The van der Waals surface area contributed by atoms with Crippen molar-refractivity contribution in [3.05, 3.63) is 34.2 Å². The molecule has 0 spiro atoms. The van der Waals surface area contributed by atoms with Gasteiger partial charge in [0, 0.05) is 30.1 Å². The Morgan fingerprint density at radius 1 is 1.28 bits per heavy atom. The minimum absolute atomic E-state index is 0.398. The lowest BCUT2D eigenvalue weighted by Crippen LogP contribution is -2.09. The van der Waals surface area contributed by atoms with Gasteiger partial charge in [-0.15, -0.1) is 11.3 Å². The van der Waals surface area contributed by atoms with Crippen molar-refractivity contribution in [1.82, 2.24) is 15.0 Å². The van der Waals surface area contributed by atoms with Gasteiger partial charge in [-0.25, -0.2) is 15.0 Å². The normalized spacial score (nSPS) is 10.9. The zero-order valence-corrected chi connectivity index (χ0v) is 11.8. The lowest BCUT2D eigenvalue weighted by atomic mass is 10.00. The van der Waals surface area contributed by atoms with E-state index in [4.69, 9.17) is 0 Å². The highest BCUT2D eigenvalue weighted by Gasteiger charge is 2.15. The molecule has 2 aromatic heterocycles. The molecule has 18 heavy (non-hydrogen) atoms. The van der Waals surface area contributed by atoms with E-state index in [1.807, 2.05) is 11.6 Å². The van der Waals surface area contributed by atoms with Crippen molar-refractivity contribution in [1.29, 1.82) is 0 Å². The van der Waals surface area contributed by atoms with Crippen LogP contribution in [0.4, 0.5) is 5.82 Å². The maximum absolute atomic E-state index is 4.43. The van der Waals surface area contributed by atoms with Crippen LogP contribution >= 0.6 is 11.3 Å². The highest BCUT2D eigenvalue weighted by molar-refractivity contribution is 7.09. The Hall–Kier alpha value is -1.49. The molecule has 0 radical (unpaired) electrons. The molecule has 0 aliphatic rings. The third-order valence-electron chi connectivity index (χ3n) is 2.69. The predicted octanol–water partition coefficient (Wildman–Crippen LogP) is 3.08. The Morgan fingerprint density at radius 3 is 2.72 bits per heavy atom. The van der Waals surface area contributed by atoms with Crippen molar-refractivity contribution in [2.45, 2.75) is 33.1 Å². The van der Waals surface area contributed by atoms with E-state index in [1.165, 1.54) is 5.56 Å². The van der Waals surface area contributed by atoms with Gasteiger partial charge in [0.05, 0.1) is 10.7 Å². The molecular weight excluding hydrogens is 244 g/mol. The van der Waals surface area contributed by atoms with Crippen molar-refractivity contribution in [3.8, 4) is 0 Å². The molecule has 5 heteroatoms. The van der Waals surface area contributed by atoms with Gasteiger partial charge in [-0.1, -0.05) is 13.8 Å². The standard InChI is InChI=1S/C13H18N4S/c1-4-14-13-12(9(2)3)10(16-8-17-13)7-11-15-5-6-18-11/h5-6,8-9H,4,7H2,1-3H3,(H,14,16,17). The van der Waals surface area contributed by atoms with Gasteiger partial charge in [0.25, 0.3) is 0 Å². The topological polar surface area (TPSA) is 50.7 Å². The summed E-state index contributed by atoms with van der Waals surface area (Å²) in [6.07, 6.45) is 4.25. The number of thiazole rings is 1. The van der Waals surface area contributed by atoms with E-state index >= 15 is 0 Å². The second-order valence-corrected chi connectivity index (χ2v) is 5.35. The van der Waals surface area contributed by atoms with Crippen LogP contribution in [0.5, 0.6) is 0 Å². The Balaban J connectivity index is 2.36. The molecule has 0 amide bonds. The molecule has 0 atom stereocenters. The van der Waals surface area contributed by atoms with Crippen molar-refractivity contribution >= 4 is 17.2 Å². The summed E-state index contributed by atoms with van der Waals surface area (Å²) in [5.41, 5.74) is 2.28. The summed E-state index contributed by atoms with van der Waals surface area (Å²) >= 11 is 1.67. The Morgan fingerprint density at radius 2 is 2.11 bits per heavy atom. The van der Waals surface area contributed by atoms with Crippen LogP contribution < -0.4 is 5.32 Å². The highest BCUT2D eigenvalue weighted by Crippen LogP contribution is 2.26. The fraction of sp³-hybridized carbons (Fsp3) is 0.462. The fourth-order valence-corrected chi connectivity index (χ4v) is 2.59. The van der Waals surface area contributed by atoms with Crippen LogP contribution in [0.15, 0.2) is 17.9 Å². The molecule has 2 aromatic rings. The summed E-state index contributed by atoms with van der Waals surface area (Å²) < 4.78 is 0. The molecule has 2 heterocycles. The Bertz CT molecular complexity index is 494. The van der Waals surface area contributed by atoms with E-state index in [9.17, 15) is 0 Å². The van der Waals surface area contributed by atoms with Crippen LogP contribution in [-0.2, 0) is 6.42 Å². The van der Waals surface area contributed by atoms with Gasteiger partial charge >= 0.3 is 0 Å². The molecule has 0 aliphatic heterocycles. The van der Waals surface area contributed by atoms with Crippen LogP contribution in [0.1, 0.15) is 43.0 Å². The summed E-state index contributed by atoms with van der Waals surface area (Å²) in [6.45, 7) is 7.29. The Labute approximate surface area is 112 Å². The average molecular weight is 262 g/mol. The van der Waals surface area contributed by atoms with Crippen LogP contribution in [-0.4, -0.2) is 21.5 Å². The van der Waals surface area contributed by atoms with Crippen molar-refractivity contribution < 1.29 is 0 Å². The van der Waals surface area contributed by atoms with E-state index in [-0.39, 0.29) is 0 Å². The van der Waals surface area contributed by atoms with Crippen LogP contribution in [0, 0.1) is 0 Å². The maximum atomic E-state index is 4.43. The van der Waals surface area contributed by atoms with Crippen LogP contribution in [0.2, 0.25) is 0 Å². The zero-order chi connectivity index (χ0) is 13.0. The first-order chi connectivity index (χ1) is 8.72. The number of nitrogens with zero attached hydrogens (tertiary/aromatic N) is 3. The summed E-state index contributed by atoms with van der Waals surface area (Å²) in [5, 5.41) is 6.40. The maximum Gasteiger partial charge on any atom is 0.133 e. The van der Waals surface area contributed by atoms with E-state index in [0.29, 0.717) is 5.92 Å². The van der Waals surface area contributed by atoms with E-state index in [0.717, 1.165) is 29.5 Å². The average Bonchev–Trinajstić information content (AvgIpc) is 2.82. The predicted molar refractivity (Wildman–Crippen MR) is 75.2 cm³/mol. The lowest BCUT2D eigenvalue weighted by Gasteiger charge is -2.15. The van der Waals surface area contributed by atoms with E-state index in [1.54, 1.807) is 17.7 Å². The zero-order valence-electron chi connectivity index (χ0n) is 11.0. The van der Waals surface area contributed by atoms with Crippen molar-refractivity contribution in [3.63, 3.8) is 0 Å². The molecule has 2 rings (SSSR count). The van der Waals surface area contributed by atoms with Gasteiger partial charge in [-0.05, 0) is 12.8 Å². The first-order valence-corrected chi connectivity index (χ1v) is 7.06. The third-order valence-corrected chi connectivity index (χ3v) is 3.47. The summed E-state index contributed by atoms with van der Waals surface area (Å²) in [5.74, 6) is 1.35. The molecule has 0 bridgehead atoms. The summed E-state index contributed by atoms with van der Waals surface area (Å²) in [6, 6.07) is 0. The lowest BCUT2D eigenvalue weighted by molar-refractivity contribution is 0.815. The molecule has 0 fully saturated rings. The highest BCUT2D eigenvalue weighted by atomic mass is 32.1. The first kappa shape index (κ1) is 13.0. The molecule has 1 N–H and O–H groups in total. The van der Waals surface area contributed by atoms with Crippen molar-refractivity contribution in [2.75, 3.05) is 11.9 Å². The molecule has 0 aromatic carbocycles. The summed E-state index contributed by atoms with van der Waals surface area (Å²) in [7, 11) is 0. The molecule has 0 saturated carbocycles. The van der Waals surface area contributed by atoms with Crippen molar-refractivity contribution in [2.24, 2.45) is 0 Å². The smallest absolute Gasteiger partial charge is 0.133 e. The van der Waals surface area contributed by atoms with Gasteiger partial charge in [-0.2, -0.15) is 0 Å². The number of aromatic nitrogens is 3. The number of rotatable bonds is 5. The SMILES string of the molecule is CCNc1ncnc(Cc2nccs2)c1C(C)C. The van der Waals surface area contributed by atoms with Gasteiger partial charge < -0.3 is 5.32 Å². The number of hydrogen-bond acceptors (Lipinski definition) is 5. The minimum Gasteiger partial charge on any atom is -0.370 e. The van der Waals surface area contributed by atoms with Gasteiger partial charge in [0.2, 0.25) is 0 Å². The third kappa shape index (κ3) is 2.85. The largest absolute Gasteiger partial charge is 0.370 e. The summed E-state index contributed by atoms with van der Waals surface area (Å²) in [4.78, 5) is 13.1. The molecule has 0 aliphatic carbocycles. The van der Waals surface area contributed by atoms with E-state index in [2.05, 4.69) is 41.0 Å². The molecule has 4 nitrogen and oxygen atoms in total. The number of anilines is 1. The van der Waals surface area contributed by atoms with Gasteiger partial charge in [-0.3, -0.25) is 0 Å². The van der Waals surface area contributed by atoms with Gasteiger partial charge in [0.15, 0.2) is 0 Å². The number of nitrogens with one attached hydrogen (secondary N) is 1. The number of hydrogen-bond donors (Lipinski definition) is 1. The quantitative estimate of drug-likeness (QED) is 0.899. The molecule has 0 saturated heterocycles. The molecular formula is C13H18N4S. The second kappa shape index (κ2) is 5.91. The minimum atomic E-state index is 0.398. The fourth-order valence-electron chi connectivity index (χ4n) is 1.97. The monoisotopic (exact) mass is 262 g/mol. The molecule has 0 unspecified atom stereocenters. The first-order valence-electron chi connectivity index (χ1n) is 6.18. The van der Waals surface area contributed by atoms with E-state index < -0.39 is 0 Å². The molecule has 96 valence electrons. The van der Waals surface area contributed by atoms with Crippen LogP contribution in [0.25, 0.3) is 0 Å². The van der Waals surface area contributed by atoms with Crippen LogP contribution in [0.3, 0.4) is 0 Å². The second-order valence-electron chi connectivity index (χ2n) is 4.37. The Kier molecular flexibility index (Phi) is 4.25. The van der Waals surface area contributed by atoms with Gasteiger partial charge in [0.1, 0.15) is 12.1 Å².